The normalized spacial score (nSPS) is 13.5. The quantitative estimate of drug-likeness (QED) is 0.661. The molecule has 0 spiro atoms. The SMILES string of the molecule is C[CH]CC(=O)O[C@H](C)CC(=O)O[C@H](C)CC(=O)O. The van der Waals surface area contributed by atoms with Gasteiger partial charge in [-0.15, -0.1) is 0 Å². The fourth-order valence-corrected chi connectivity index (χ4v) is 1.28. The summed E-state index contributed by atoms with van der Waals surface area (Å²) in [4.78, 5) is 32.9. The minimum Gasteiger partial charge on any atom is -0.481 e. The molecule has 0 aliphatic heterocycles. The van der Waals surface area contributed by atoms with Gasteiger partial charge in [-0.2, -0.15) is 0 Å². The molecule has 0 aliphatic carbocycles. The van der Waals surface area contributed by atoms with E-state index in [1.54, 1.807) is 20.3 Å². The molecule has 2 atom stereocenters. The predicted molar refractivity (Wildman–Crippen MR) is 62.6 cm³/mol. The zero-order valence-corrected chi connectivity index (χ0v) is 10.8. The molecule has 18 heavy (non-hydrogen) atoms. The van der Waals surface area contributed by atoms with Crippen molar-refractivity contribution in [3.63, 3.8) is 0 Å². The van der Waals surface area contributed by atoms with Crippen LogP contribution in [-0.4, -0.2) is 35.2 Å². The van der Waals surface area contributed by atoms with Crippen molar-refractivity contribution in [2.75, 3.05) is 0 Å². The first-order valence-corrected chi connectivity index (χ1v) is 5.73. The van der Waals surface area contributed by atoms with Crippen LogP contribution in [-0.2, 0) is 23.9 Å². The standard InChI is InChI=1S/C12H19O6/c1-4-5-11(15)17-9(3)7-12(16)18-8(2)6-10(13)14/h4,8-9H,5-7H2,1-3H3,(H,13,14)/t8-,9-/m1/s1. The minimum atomic E-state index is -1.03. The lowest BCUT2D eigenvalue weighted by atomic mass is 10.2. The molecule has 0 saturated carbocycles. The molecule has 6 heteroatoms. The molecule has 0 fully saturated rings. The van der Waals surface area contributed by atoms with Gasteiger partial charge < -0.3 is 14.6 Å². The van der Waals surface area contributed by atoms with Crippen LogP contribution in [0.5, 0.6) is 0 Å². The van der Waals surface area contributed by atoms with Crippen molar-refractivity contribution >= 4 is 17.9 Å². The number of hydrogen-bond donors (Lipinski definition) is 1. The number of carboxylic acids is 1. The Hall–Kier alpha value is -1.59. The second-order valence-corrected chi connectivity index (χ2v) is 4.02. The van der Waals surface area contributed by atoms with Crippen LogP contribution in [0.4, 0.5) is 0 Å². The van der Waals surface area contributed by atoms with Gasteiger partial charge in [-0.05, 0) is 20.3 Å². The predicted octanol–water partition coefficient (Wildman–Crippen LogP) is 1.33. The summed E-state index contributed by atoms with van der Waals surface area (Å²) in [5.41, 5.74) is 0. The van der Waals surface area contributed by atoms with Gasteiger partial charge >= 0.3 is 17.9 Å². The van der Waals surface area contributed by atoms with Crippen LogP contribution in [0.3, 0.4) is 0 Å². The highest BCUT2D eigenvalue weighted by Gasteiger charge is 2.17. The molecule has 1 radical (unpaired) electrons. The molecule has 103 valence electrons. The molecule has 0 aromatic heterocycles. The van der Waals surface area contributed by atoms with E-state index in [1.165, 1.54) is 6.92 Å². The summed E-state index contributed by atoms with van der Waals surface area (Å²) >= 11 is 0. The number of esters is 2. The van der Waals surface area contributed by atoms with E-state index in [1.807, 2.05) is 0 Å². The van der Waals surface area contributed by atoms with Gasteiger partial charge in [0, 0.05) is 6.42 Å². The van der Waals surface area contributed by atoms with Crippen molar-refractivity contribution < 1.29 is 29.0 Å². The second kappa shape index (κ2) is 8.49. The topological polar surface area (TPSA) is 89.9 Å². The van der Waals surface area contributed by atoms with E-state index in [4.69, 9.17) is 14.6 Å². The minimum absolute atomic E-state index is 0.0839. The monoisotopic (exact) mass is 259 g/mol. The maximum Gasteiger partial charge on any atom is 0.309 e. The number of hydrogen-bond acceptors (Lipinski definition) is 5. The Kier molecular flexibility index (Phi) is 7.74. The third-order valence-corrected chi connectivity index (χ3v) is 1.95. The first-order valence-electron chi connectivity index (χ1n) is 5.73. The zero-order chi connectivity index (χ0) is 14.1. The summed E-state index contributed by atoms with van der Waals surface area (Å²) in [6.07, 6.45) is 0.241. The van der Waals surface area contributed by atoms with Gasteiger partial charge in [0.1, 0.15) is 12.2 Å². The first kappa shape index (κ1) is 16.4. The summed E-state index contributed by atoms with van der Waals surface area (Å²) in [5.74, 6) is -2.02. The number of carbonyl (C=O) groups is 3. The van der Waals surface area contributed by atoms with Gasteiger partial charge in [-0.3, -0.25) is 14.4 Å². The molecule has 0 aromatic rings. The average Bonchev–Trinajstić information content (AvgIpc) is 2.14. The molecule has 6 nitrogen and oxygen atoms in total. The smallest absolute Gasteiger partial charge is 0.309 e. The first-order chi connectivity index (χ1) is 8.35. The lowest BCUT2D eigenvalue weighted by Gasteiger charge is -2.15. The van der Waals surface area contributed by atoms with Crippen molar-refractivity contribution in [2.45, 2.75) is 52.2 Å². The highest BCUT2D eigenvalue weighted by molar-refractivity contribution is 5.73. The number of rotatable bonds is 8. The van der Waals surface area contributed by atoms with Crippen molar-refractivity contribution in [3.8, 4) is 0 Å². The molecule has 0 saturated heterocycles. The van der Waals surface area contributed by atoms with Crippen LogP contribution >= 0.6 is 0 Å². The third kappa shape index (κ3) is 8.55. The maximum absolute atomic E-state index is 11.4. The summed E-state index contributed by atoms with van der Waals surface area (Å²) in [5, 5.41) is 8.49. The number of carboxylic acid groups (broad SMARTS) is 1. The maximum atomic E-state index is 11.4. The fraction of sp³-hybridized carbons (Fsp3) is 0.667. The lowest BCUT2D eigenvalue weighted by molar-refractivity contribution is -0.157. The van der Waals surface area contributed by atoms with Crippen molar-refractivity contribution in [1.82, 2.24) is 0 Å². The van der Waals surface area contributed by atoms with Crippen LogP contribution in [0.15, 0.2) is 0 Å². The van der Waals surface area contributed by atoms with E-state index >= 15 is 0 Å². The molecule has 0 amide bonds. The third-order valence-electron chi connectivity index (χ3n) is 1.95. The van der Waals surface area contributed by atoms with Gasteiger partial charge in [-0.25, -0.2) is 0 Å². The van der Waals surface area contributed by atoms with Crippen molar-refractivity contribution in [3.05, 3.63) is 6.42 Å². The largest absolute Gasteiger partial charge is 0.481 e. The molecule has 0 rings (SSSR count). The van der Waals surface area contributed by atoms with E-state index < -0.39 is 30.1 Å². The van der Waals surface area contributed by atoms with Crippen LogP contribution in [0.25, 0.3) is 0 Å². The van der Waals surface area contributed by atoms with E-state index in [2.05, 4.69) is 0 Å². The second-order valence-electron chi connectivity index (χ2n) is 4.02. The Morgan fingerprint density at radius 3 is 2.06 bits per heavy atom. The van der Waals surface area contributed by atoms with Crippen molar-refractivity contribution in [2.24, 2.45) is 0 Å². The summed E-state index contributed by atoms with van der Waals surface area (Å²) < 4.78 is 9.79. The van der Waals surface area contributed by atoms with Gasteiger partial charge in [0.05, 0.1) is 12.8 Å². The highest BCUT2D eigenvalue weighted by atomic mass is 16.6. The number of carbonyl (C=O) groups excluding carboxylic acids is 2. The zero-order valence-electron chi connectivity index (χ0n) is 10.8. The van der Waals surface area contributed by atoms with Gasteiger partial charge in [0.2, 0.25) is 0 Å². The Bertz CT molecular complexity index is 299. The molecular formula is C12H19O6. The van der Waals surface area contributed by atoms with E-state index in [0.29, 0.717) is 0 Å². The van der Waals surface area contributed by atoms with Crippen LogP contribution < -0.4 is 0 Å². The number of ether oxygens (including phenoxy) is 2. The van der Waals surface area contributed by atoms with Crippen LogP contribution in [0, 0.1) is 6.42 Å². The molecule has 0 heterocycles. The molecule has 0 aromatic carbocycles. The van der Waals surface area contributed by atoms with Gasteiger partial charge in [0.25, 0.3) is 0 Å². The summed E-state index contributed by atoms with van der Waals surface area (Å²) in [6, 6.07) is 0. The van der Waals surface area contributed by atoms with E-state index in [9.17, 15) is 14.4 Å². The molecule has 1 N–H and O–H groups in total. The fourth-order valence-electron chi connectivity index (χ4n) is 1.28. The molecule has 0 unspecified atom stereocenters. The lowest BCUT2D eigenvalue weighted by Crippen LogP contribution is -2.23. The van der Waals surface area contributed by atoms with E-state index in [-0.39, 0.29) is 19.3 Å². The van der Waals surface area contributed by atoms with Gasteiger partial charge in [0.15, 0.2) is 0 Å². The molecular weight excluding hydrogens is 240 g/mol. The van der Waals surface area contributed by atoms with Crippen LogP contribution in [0.1, 0.15) is 40.0 Å². The Morgan fingerprint density at radius 1 is 1.06 bits per heavy atom. The van der Waals surface area contributed by atoms with Crippen molar-refractivity contribution in [1.29, 1.82) is 0 Å². The Labute approximate surface area is 106 Å². The average molecular weight is 259 g/mol. The summed E-state index contributed by atoms with van der Waals surface area (Å²) in [6.45, 7) is 4.80. The van der Waals surface area contributed by atoms with E-state index in [0.717, 1.165) is 0 Å². The molecule has 0 bridgehead atoms. The van der Waals surface area contributed by atoms with Gasteiger partial charge in [-0.1, -0.05) is 6.92 Å². The highest BCUT2D eigenvalue weighted by Crippen LogP contribution is 2.06. The Balaban J connectivity index is 3.93. The Morgan fingerprint density at radius 2 is 1.56 bits per heavy atom. The summed E-state index contributed by atoms with van der Waals surface area (Å²) in [7, 11) is 0. The number of aliphatic carboxylic acids is 1. The van der Waals surface area contributed by atoms with Crippen LogP contribution in [0.2, 0.25) is 0 Å². The molecule has 0 aliphatic rings.